The van der Waals surface area contributed by atoms with Gasteiger partial charge in [-0.3, -0.25) is 4.79 Å². The molecule has 4 fully saturated rings. The van der Waals surface area contributed by atoms with Gasteiger partial charge in [0.05, 0.1) is 0 Å². The van der Waals surface area contributed by atoms with E-state index in [9.17, 15) is 4.79 Å². The van der Waals surface area contributed by atoms with Crippen LogP contribution in [0.1, 0.15) is 156 Å². The van der Waals surface area contributed by atoms with Gasteiger partial charge in [0.1, 0.15) is 6.10 Å². The lowest BCUT2D eigenvalue weighted by Gasteiger charge is -2.65. The maximum absolute atomic E-state index is 12.6. The monoisotopic (exact) mass is 656 g/mol. The molecule has 0 heterocycles. The van der Waals surface area contributed by atoms with Crippen molar-refractivity contribution in [2.75, 3.05) is 0 Å². The Morgan fingerprint density at radius 2 is 1.53 bits per heavy atom. The molecule has 220 valence electrons. The first-order valence-corrected chi connectivity index (χ1v) is 18.4. The quantitative estimate of drug-likeness (QED) is 0.112. The van der Waals surface area contributed by atoms with Gasteiger partial charge in [-0.1, -0.05) is 117 Å². The zero-order chi connectivity index (χ0) is 27.4. The number of esters is 1. The van der Waals surface area contributed by atoms with Crippen molar-refractivity contribution < 1.29 is 9.53 Å². The van der Waals surface area contributed by atoms with Crippen LogP contribution in [0.3, 0.4) is 0 Å². The predicted molar refractivity (Wildman–Crippen MR) is 168 cm³/mol. The van der Waals surface area contributed by atoms with Crippen molar-refractivity contribution in [1.29, 1.82) is 0 Å². The van der Waals surface area contributed by atoms with E-state index in [1.807, 2.05) is 0 Å². The average Bonchev–Trinajstić information content (AvgIpc) is 3.22. The van der Waals surface area contributed by atoms with Gasteiger partial charge in [0.15, 0.2) is 0 Å². The van der Waals surface area contributed by atoms with Gasteiger partial charge in [-0.25, -0.2) is 0 Å². The lowest BCUT2D eigenvalue weighted by Crippen LogP contribution is -2.64. The van der Waals surface area contributed by atoms with Gasteiger partial charge in [0.25, 0.3) is 0 Å². The summed E-state index contributed by atoms with van der Waals surface area (Å²) in [7, 11) is 0. The fraction of sp³-hybridized carbons (Fsp3) is 0.971. The van der Waals surface area contributed by atoms with E-state index in [-0.39, 0.29) is 21.8 Å². The molecule has 4 heteroatoms. The second-order valence-electron chi connectivity index (χ2n) is 14.4. The van der Waals surface area contributed by atoms with Crippen LogP contribution in [0.2, 0.25) is 0 Å². The highest BCUT2D eigenvalue weighted by molar-refractivity contribution is 9.12. The van der Waals surface area contributed by atoms with Crippen molar-refractivity contribution in [2.45, 2.75) is 171 Å². The molecule has 0 N–H and O–H groups in total. The van der Waals surface area contributed by atoms with Gasteiger partial charge in [0.2, 0.25) is 0 Å². The van der Waals surface area contributed by atoms with Crippen LogP contribution in [0, 0.1) is 34.5 Å². The van der Waals surface area contributed by atoms with Crippen LogP contribution in [-0.2, 0) is 9.53 Å². The van der Waals surface area contributed by atoms with E-state index in [2.05, 4.69) is 59.6 Å². The molecule has 0 aromatic heterocycles. The molecule has 0 aliphatic heterocycles. The summed E-state index contributed by atoms with van der Waals surface area (Å²) >= 11 is 8.63. The topological polar surface area (TPSA) is 26.3 Å². The zero-order valence-corrected chi connectivity index (χ0v) is 28.4. The van der Waals surface area contributed by atoms with Crippen molar-refractivity contribution in [1.82, 2.24) is 0 Å². The first-order chi connectivity index (χ1) is 18.2. The van der Waals surface area contributed by atoms with Crippen LogP contribution in [0.5, 0.6) is 0 Å². The van der Waals surface area contributed by atoms with E-state index < -0.39 is 0 Å². The molecule has 0 saturated heterocycles. The number of rotatable bonds is 13. The third-order valence-electron chi connectivity index (χ3n) is 12.3. The lowest BCUT2D eigenvalue weighted by molar-refractivity contribution is -0.157. The minimum Gasteiger partial charge on any atom is -0.462 e. The summed E-state index contributed by atoms with van der Waals surface area (Å²) in [5.74, 6) is 3.53. The second kappa shape index (κ2) is 13.6. The first-order valence-electron chi connectivity index (χ1n) is 16.7. The van der Waals surface area contributed by atoms with E-state index in [1.54, 1.807) is 0 Å². The number of fused-ring (bicyclic) bond motifs is 5. The molecule has 9 atom stereocenters. The van der Waals surface area contributed by atoms with Crippen molar-refractivity contribution in [2.24, 2.45) is 34.5 Å². The smallest absolute Gasteiger partial charge is 0.306 e. The minimum absolute atomic E-state index is 0.0246. The molecule has 4 saturated carbocycles. The highest BCUT2D eigenvalue weighted by Crippen LogP contribution is 2.71. The lowest BCUT2D eigenvalue weighted by atomic mass is 9.44. The summed E-state index contributed by atoms with van der Waals surface area (Å²) < 4.78 is 6.12. The van der Waals surface area contributed by atoms with Gasteiger partial charge in [-0.2, -0.15) is 0 Å². The number of ether oxygens (including phenoxy) is 1. The van der Waals surface area contributed by atoms with Gasteiger partial charge < -0.3 is 4.74 Å². The number of halogens is 2. The molecule has 0 bridgehead atoms. The van der Waals surface area contributed by atoms with Crippen molar-refractivity contribution in [3.8, 4) is 0 Å². The van der Waals surface area contributed by atoms with Gasteiger partial charge in [-0.05, 0) is 92.3 Å². The number of carbonyl (C=O) groups excluding carboxylic acids is 1. The molecule has 4 aliphatic rings. The average molecular weight is 659 g/mol. The summed E-state index contributed by atoms with van der Waals surface area (Å²) in [6, 6.07) is 0. The predicted octanol–water partition coefficient (Wildman–Crippen LogP) is 11.2. The van der Waals surface area contributed by atoms with Gasteiger partial charge in [-0.15, -0.1) is 0 Å². The van der Waals surface area contributed by atoms with E-state index in [1.165, 1.54) is 96.3 Å². The minimum atomic E-state index is 0.0246. The summed E-state index contributed by atoms with van der Waals surface area (Å²) in [5.41, 5.74) is 0.831. The highest BCUT2D eigenvalue weighted by atomic mass is 79.9. The third-order valence-corrected chi connectivity index (χ3v) is 15.9. The number of hydrogen-bond donors (Lipinski definition) is 0. The zero-order valence-electron chi connectivity index (χ0n) is 25.2. The summed E-state index contributed by atoms with van der Waals surface area (Å²) in [5, 5.41) is 0. The Bertz CT molecular complexity index is 772. The molecule has 4 rings (SSSR count). The van der Waals surface area contributed by atoms with Crippen LogP contribution >= 0.6 is 31.9 Å². The maximum Gasteiger partial charge on any atom is 0.306 e. The largest absolute Gasteiger partial charge is 0.462 e. The Kier molecular flexibility index (Phi) is 11.2. The molecular formula is C34H58Br2O2. The Balaban J connectivity index is 1.36. The third kappa shape index (κ3) is 6.27. The summed E-state index contributed by atoms with van der Waals surface area (Å²) in [4.78, 5) is 13.1. The molecule has 0 unspecified atom stereocenters. The van der Waals surface area contributed by atoms with Crippen molar-refractivity contribution >= 4 is 37.8 Å². The van der Waals surface area contributed by atoms with Crippen molar-refractivity contribution in [3.05, 3.63) is 0 Å². The summed E-state index contributed by atoms with van der Waals surface area (Å²) in [6.45, 7) is 9.82. The van der Waals surface area contributed by atoms with Gasteiger partial charge in [0, 0.05) is 22.0 Å². The first kappa shape index (κ1) is 31.4. The summed E-state index contributed by atoms with van der Waals surface area (Å²) in [6.07, 6.45) is 25.4. The standard InChI is InChI=1S/C34H58Br2O2/c1-5-7-9-11-12-13-15-25-17-18-28-27-23-30(35)34(36)24-26(38-31(37)16-14-10-8-6-2)19-22-33(34,4)29(27)20-21-32(25,28)3/h25-30H,5-24H2,1-4H3/t25-,26+,27+,28-,29-,30+,32-,33-,34-/m1/s1. The highest BCUT2D eigenvalue weighted by Gasteiger charge is 2.66. The Labute approximate surface area is 252 Å². The Morgan fingerprint density at radius 3 is 2.26 bits per heavy atom. The fourth-order valence-corrected chi connectivity index (χ4v) is 12.1. The molecule has 0 aromatic rings. The van der Waals surface area contributed by atoms with Crippen LogP contribution in [0.15, 0.2) is 0 Å². The maximum atomic E-state index is 12.6. The molecular weight excluding hydrogens is 600 g/mol. The second-order valence-corrected chi connectivity index (χ2v) is 16.9. The van der Waals surface area contributed by atoms with E-state index in [4.69, 9.17) is 4.74 Å². The molecule has 0 spiro atoms. The number of unbranched alkanes of at least 4 members (excludes halogenated alkanes) is 8. The molecule has 38 heavy (non-hydrogen) atoms. The van der Waals surface area contributed by atoms with Crippen LogP contribution in [0.4, 0.5) is 0 Å². The van der Waals surface area contributed by atoms with E-state index in [0.717, 1.165) is 49.4 Å². The van der Waals surface area contributed by atoms with Crippen LogP contribution in [0.25, 0.3) is 0 Å². The van der Waals surface area contributed by atoms with E-state index in [0.29, 0.717) is 16.7 Å². The molecule has 2 nitrogen and oxygen atoms in total. The Hall–Kier alpha value is 0.430. The van der Waals surface area contributed by atoms with Crippen molar-refractivity contribution in [3.63, 3.8) is 0 Å². The molecule has 0 aromatic carbocycles. The molecule has 0 radical (unpaired) electrons. The number of hydrogen-bond acceptors (Lipinski definition) is 2. The number of carbonyl (C=O) groups is 1. The van der Waals surface area contributed by atoms with Gasteiger partial charge >= 0.3 is 5.97 Å². The number of alkyl halides is 2. The molecule has 0 amide bonds. The van der Waals surface area contributed by atoms with E-state index >= 15 is 0 Å². The SMILES string of the molecule is CCCCCCCC[C@@H]1CC[C@@H]2[C@@H]3C[C@H](Br)[C@]4(Br)C[C@@H](OC(=O)CCCCCC)CC[C@]4(C)[C@@H]3CC[C@]12C. The normalized spacial score (nSPS) is 42.3. The van der Waals surface area contributed by atoms with Crippen LogP contribution in [-0.4, -0.2) is 21.2 Å². The fourth-order valence-electron chi connectivity index (χ4n) is 9.94. The Morgan fingerprint density at radius 1 is 0.842 bits per heavy atom. The van der Waals surface area contributed by atoms with Crippen LogP contribution < -0.4 is 0 Å². The molecule has 4 aliphatic carbocycles.